The Hall–Kier alpha value is -3.64. The van der Waals surface area contributed by atoms with Crippen molar-refractivity contribution in [3.63, 3.8) is 0 Å². The summed E-state index contributed by atoms with van der Waals surface area (Å²) in [4.78, 5) is 28.0. The maximum atomic E-state index is 12.9. The number of carbonyl (C=O) groups is 2. The number of rotatable bonds is 7. The number of ether oxygens (including phenoxy) is 1. The molecule has 0 radical (unpaired) electrons. The van der Waals surface area contributed by atoms with Crippen LogP contribution in [0.2, 0.25) is 0 Å². The molecule has 0 saturated carbocycles. The molecule has 0 unspecified atom stereocenters. The number of hydrogen-bond donors (Lipinski definition) is 2. The van der Waals surface area contributed by atoms with Crippen molar-refractivity contribution in [2.45, 2.75) is 31.9 Å². The van der Waals surface area contributed by atoms with Gasteiger partial charge in [-0.25, -0.2) is 0 Å². The number of para-hydroxylation sites is 2. The summed E-state index contributed by atoms with van der Waals surface area (Å²) in [7, 11) is 0. The van der Waals surface area contributed by atoms with Gasteiger partial charge in [0, 0.05) is 37.5 Å². The highest BCUT2D eigenvalue weighted by Crippen LogP contribution is 2.29. The monoisotopic (exact) mass is 455 g/mol. The van der Waals surface area contributed by atoms with Crippen molar-refractivity contribution in [3.8, 4) is 0 Å². The summed E-state index contributed by atoms with van der Waals surface area (Å²) in [5.41, 5.74) is 5.33. The fraction of sp³-hybridized carbons (Fsp3) is 0.286. The molecule has 2 amide bonds. The van der Waals surface area contributed by atoms with E-state index >= 15 is 0 Å². The lowest BCUT2D eigenvalue weighted by Gasteiger charge is -2.19. The van der Waals surface area contributed by atoms with Gasteiger partial charge >= 0.3 is 0 Å². The van der Waals surface area contributed by atoms with Crippen molar-refractivity contribution in [2.75, 3.05) is 29.9 Å². The van der Waals surface area contributed by atoms with Gasteiger partial charge in [0.2, 0.25) is 0 Å². The fourth-order valence-corrected chi connectivity index (χ4v) is 4.64. The Morgan fingerprint density at radius 1 is 0.941 bits per heavy atom. The van der Waals surface area contributed by atoms with Crippen LogP contribution in [0.1, 0.15) is 44.7 Å². The smallest absolute Gasteiger partial charge is 0.255 e. The zero-order valence-corrected chi connectivity index (χ0v) is 19.1. The summed E-state index contributed by atoms with van der Waals surface area (Å²) in [6.45, 7) is 3.04. The number of amides is 2. The first-order chi connectivity index (χ1) is 16.7. The molecule has 174 valence electrons. The summed E-state index contributed by atoms with van der Waals surface area (Å²) >= 11 is 0. The van der Waals surface area contributed by atoms with Crippen molar-refractivity contribution in [1.29, 1.82) is 0 Å². The van der Waals surface area contributed by atoms with Crippen molar-refractivity contribution in [2.24, 2.45) is 0 Å². The van der Waals surface area contributed by atoms with Crippen LogP contribution in [0.5, 0.6) is 0 Å². The van der Waals surface area contributed by atoms with Crippen molar-refractivity contribution < 1.29 is 14.3 Å². The van der Waals surface area contributed by atoms with Crippen LogP contribution in [0.25, 0.3) is 0 Å². The molecule has 0 aliphatic carbocycles. The Kier molecular flexibility index (Phi) is 6.58. The van der Waals surface area contributed by atoms with E-state index in [0.29, 0.717) is 23.4 Å². The van der Waals surface area contributed by atoms with Crippen LogP contribution >= 0.6 is 0 Å². The predicted molar refractivity (Wildman–Crippen MR) is 133 cm³/mol. The standard InChI is InChI=1S/C28H29N3O3/c32-27(30-25-9-3-2-8-24(25)28(33)29-18-23-7-5-17-34-23)22-13-11-20(12-14-22)19-31-16-15-21-6-1-4-10-26(21)31/h1-4,6,8-14,23H,5,7,15-19H2,(H,29,33)(H,30,32)/t23-/m0/s1. The second-order valence-corrected chi connectivity index (χ2v) is 8.84. The van der Waals surface area contributed by atoms with Crippen LogP contribution in [-0.2, 0) is 17.7 Å². The highest BCUT2D eigenvalue weighted by atomic mass is 16.5. The average Bonchev–Trinajstić information content (AvgIpc) is 3.54. The van der Waals surface area contributed by atoms with Crippen LogP contribution in [0.15, 0.2) is 72.8 Å². The Bertz CT molecular complexity index is 1170. The van der Waals surface area contributed by atoms with Crippen LogP contribution in [0.3, 0.4) is 0 Å². The maximum Gasteiger partial charge on any atom is 0.255 e. The van der Waals surface area contributed by atoms with E-state index in [0.717, 1.165) is 44.5 Å². The summed E-state index contributed by atoms with van der Waals surface area (Å²) in [6.07, 6.45) is 3.12. The maximum absolute atomic E-state index is 12.9. The van der Waals surface area contributed by atoms with Gasteiger partial charge in [0.25, 0.3) is 11.8 Å². The quantitative estimate of drug-likeness (QED) is 0.554. The van der Waals surface area contributed by atoms with E-state index in [2.05, 4.69) is 39.8 Å². The lowest BCUT2D eigenvalue weighted by molar-refractivity contribution is 0.0858. The topological polar surface area (TPSA) is 70.7 Å². The third-order valence-corrected chi connectivity index (χ3v) is 6.51. The Morgan fingerprint density at radius 3 is 2.56 bits per heavy atom. The number of hydrogen-bond acceptors (Lipinski definition) is 4. The molecule has 6 nitrogen and oxygen atoms in total. The first-order valence-corrected chi connectivity index (χ1v) is 11.9. The number of nitrogens with one attached hydrogen (secondary N) is 2. The Morgan fingerprint density at radius 2 is 1.74 bits per heavy atom. The van der Waals surface area contributed by atoms with Crippen LogP contribution in [0, 0.1) is 0 Å². The lowest BCUT2D eigenvalue weighted by atomic mass is 10.1. The molecule has 3 aromatic rings. The van der Waals surface area contributed by atoms with Gasteiger partial charge in [-0.05, 0) is 60.7 Å². The number of carbonyl (C=O) groups excluding carboxylic acids is 2. The SMILES string of the molecule is O=C(Nc1ccccc1C(=O)NC[C@@H]1CCCO1)c1ccc(CN2CCc3ccccc32)cc1. The second-order valence-electron chi connectivity index (χ2n) is 8.84. The summed E-state index contributed by atoms with van der Waals surface area (Å²) < 4.78 is 5.57. The van der Waals surface area contributed by atoms with Gasteiger partial charge in [0.15, 0.2) is 0 Å². The molecule has 2 aliphatic rings. The van der Waals surface area contributed by atoms with E-state index in [4.69, 9.17) is 4.74 Å². The molecule has 2 aliphatic heterocycles. The molecule has 0 aromatic heterocycles. The molecule has 34 heavy (non-hydrogen) atoms. The van der Waals surface area contributed by atoms with Crippen LogP contribution < -0.4 is 15.5 Å². The van der Waals surface area contributed by atoms with Gasteiger partial charge < -0.3 is 20.3 Å². The van der Waals surface area contributed by atoms with Crippen LogP contribution in [0.4, 0.5) is 11.4 Å². The molecule has 1 saturated heterocycles. The largest absolute Gasteiger partial charge is 0.376 e. The van der Waals surface area contributed by atoms with Crippen LogP contribution in [-0.4, -0.2) is 37.6 Å². The van der Waals surface area contributed by atoms with Gasteiger partial charge in [-0.15, -0.1) is 0 Å². The third-order valence-electron chi connectivity index (χ3n) is 6.51. The highest BCUT2D eigenvalue weighted by Gasteiger charge is 2.20. The van der Waals surface area contributed by atoms with Gasteiger partial charge in [0.05, 0.1) is 17.4 Å². The predicted octanol–water partition coefficient (Wildman–Crippen LogP) is 4.41. The molecule has 1 fully saturated rings. The Labute approximate surface area is 199 Å². The molecule has 2 heterocycles. The van der Waals surface area contributed by atoms with E-state index in [1.807, 2.05) is 30.3 Å². The molecule has 0 spiro atoms. The number of nitrogens with zero attached hydrogens (tertiary/aromatic N) is 1. The van der Waals surface area contributed by atoms with Crippen molar-refractivity contribution in [3.05, 3.63) is 95.1 Å². The number of fused-ring (bicyclic) bond motifs is 1. The summed E-state index contributed by atoms with van der Waals surface area (Å²) in [6, 6.07) is 23.3. The highest BCUT2D eigenvalue weighted by molar-refractivity contribution is 6.09. The molecule has 1 atom stereocenters. The van der Waals surface area contributed by atoms with Gasteiger partial charge in [-0.3, -0.25) is 9.59 Å². The van der Waals surface area contributed by atoms with E-state index < -0.39 is 0 Å². The van der Waals surface area contributed by atoms with Crippen molar-refractivity contribution in [1.82, 2.24) is 5.32 Å². The minimum atomic E-state index is -0.238. The first-order valence-electron chi connectivity index (χ1n) is 11.9. The minimum absolute atomic E-state index is 0.0678. The minimum Gasteiger partial charge on any atom is -0.376 e. The normalized spacial score (nSPS) is 16.8. The molecule has 0 bridgehead atoms. The molecule has 6 heteroatoms. The third kappa shape index (κ3) is 4.97. The van der Waals surface area contributed by atoms with E-state index in [1.54, 1.807) is 18.2 Å². The summed E-state index contributed by atoms with van der Waals surface area (Å²) in [5.74, 6) is -0.454. The van der Waals surface area contributed by atoms with E-state index in [9.17, 15) is 9.59 Å². The van der Waals surface area contributed by atoms with Gasteiger partial charge in [-0.2, -0.15) is 0 Å². The molecule has 3 aromatic carbocycles. The summed E-state index contributed by atoms with van der Waals surface area (Å²) in [5, 5.41) is 5.82. The lowest BCUT2D eigenvalue weighted by Crippen LogP contribution is -2.32. The number of anilines is 2. The zero-order chi connectivity index (χ0) is 23.3. The molecule has 2 N–H and O–H groups in total. The Balaban J connectivity index is 1.21. The van der Waals surface area contributed by atoms with E-state index in [1.165, 1.54) is 11.3 Å². The average molecular weight is 456 g/mol. The fourth-order valence-electron chi connectivity index (χ4n) is 4.64. The van der Waals surface area contributed by atoms with E-state index in [-0.39, 0.29) is 17.9 Å². The molecule has 5 rings (SSSR count). The van der Waals surface area contributed by atoms with Gasteiger partial charge in [0.1, 0.15) is 0 Å². The molecular weight excluding hydrogens is 426 g/mol. The molecular formula is C28H29N3O3. The zero-order valence-electron chi connectivity index (χ0n) is 19.1. The van der Waals surface area contributed by atoms with Crippen molar-refractivity contribution >= 4 is 23.2 Å². The number of benzene rings is 3. The second kappa shape index (κ2) is 10.1. The first kappa shape index (κ1) is 22.2. The van der Waals surface area contributed by atoms with Gasteiger partial charge in [-0.1, -0.05) is 42.5 Å².